The van der Waals surface area contributed by atoms with Gasteiger partial charge in [0.25, 0.3) is 0 Å². The van der Waals surface area contributed by atoms with Gasteiger partial charge in [0.05, 0.1) is 16.2 Å². The number of aromatic carboxylic acids is 1. The number of nitrogens with two attached hydrogens (primary N) is 1. The van der Waals surface area contributed by atoms with Crippen LogP contribution in [0.3, 0.4) is 0 Å². The van der Waals surface area contributed by atoms with Gasteiger partial charge in [-0.25, -0.2) is 4.79 Å². The fourth-order valence-corrected chi connectivity index (χ4v) is 1.60. The Hall–Kier alpha value is -1.81. The van der Waals surface area contributed by atoms with Crippen molar-refractivity contribution in [2.75, 3.05) is 5.73 Å². The molecule has 0 amide bonds. The molecule has 0 bridgehead atoms. The summed E-state index contributed by atoms with van der Waals surface area (Å²) in [5, 5.41) is 9.85. The lowest BCUT2D eigenvalue weighted by molar-refractivity contribution is 0.0698. The van der Waals surface area contributed by atoms with Crippen molar-refractivity contribution >= 4 is 34.2 Å². The first-order valence-electron chi connectivity index (χ1n) is 4.17. The average molecular weight is 223 g/mol. The molecule has 2 rings (SSSR count). The number of halogens is 1. The van der Waals surface area contributed by atoms with Crippen LogP contribution >= 0.6 is 11.6 Å². The zero-order valence-electron chi connectivity index (χ0n) is 7.57. The smallest absolute Gasteiger partial charge is 0.339 e. The Kier molecular flexibility index (Phi) is 2.21. The quantitative estimate of drug-likeness (QED) is 0.775. The topological polar surface area (TPSA) is 76.2 Å². The lowest BCUT2D eigenvalue weighted by Gasteiger charge is -2.05. The summed E-state index contributed by atoms with van der Waals surface area (Å²) >= 11 is 5.90. The van der Waals surface area contributed by atoms with Gasteiger partial charge in [-0.2, -0.15) is 0 Å². The number of nitrogen functional groups attached to an aromatic ring is 1. The van der Waals surface area contributed by atoms with Crippen LogP contribution in [0.2, 0.25) is 5.02 Å². The van der Waals surface area contributed by atoms with Gasteiger partial charge < -0.3 is 10.8 Å². The van der Waals surface area contributed by atoms with Crippen molar-refractivity contribution in [2.24, 2.45) is 0 Å². The average Bonchev–Trinajstić information content (AvgIpc) is 2.19. The minimum atomic E-state index is -1.10. The first-order chi connectivity index (χ1) is 7.11. The molecule has 0 aliphatic carbocycles. The number of carboxylic acid groups (broad SMARTS) is 1. The van der Waals surface area contributed by atoms with Crippen LogP contribution in [0.1, 0.15) is 10.4 Å². The summed E-state index contributed by atoms with van der Waals surface area (Å²) in [7, 11) is 0. The zero-order chi connectivity index (χ0) is 11.0. The Bertz CT molecular complexity index is 554. The molecule has 0 saturated carbocycles. The molecule has 0 saturated heterocycles. The molecule has 3 N–H and O–H groups in total. The van der Waals surface area contributed by atoms with Gasteiger partial charge >= 0.3 is 5.97 Å². The Morgan fingerprint density at radius 2 is 2.20 bits per heavy atom. The molecule has 0 atom stereocenters. The van der Waals surface area contributed by atoms with Gasteiger partial charge in [-0.05, 0) is 6.07 Å². The van der Waals surface area contributed by atoms with E-state index in [9.17, 15) is 4.79 Å². The summed E-state index contributed by atoms with van der Waals surface area (Å²) in [6, 6.07) is 5.07. The Morgan fingerprint density at radius 1 is 1.47 bits per heavy atom. The van der Waals surface area contributed by atoms with Crippen molar-refractivity contribution in [3.05, 3.63) is 35.0 Å². The summed E-state index contributed by atoms with van der Waals surface area (Å²) in [6.07, 6.45) is 1.21. The fourth-order valence-electron chi connectivity index (χ4n) is 1.38. The number of nitrogens with zero attached hydrogens (tertiary/aromatic N) is 1. The molecule has 1 aromatic carbocycles. The van der Waals surface area contributed by atoms with Crippen LogP contribution in [0, 0.1) is 0 Å². The first kappa shape index (κ1) is 9.73. The fraction of sp³-hybridized carbons (Fsp3) is 0. The third kappa shape index (κ3) is 1.49. The molecule has 15 heavy (non-hydrogen) atoms. The number of para-hydroxylation sites is 1. The number of hydrogen-bond donors (Lipinski definition) is 2. The Balaban J connectivity index is 2.86. The number of rotatable bonds is 1. The molecular formula is C10H7ClN2O2. The minimum Gasteiger partial charge on any atom is -0.478 e. The maximum absolute atomic E-state index is 10.8. The van der Waals surface area contributed by atoms with Gasteiger partial charge in [-0.1, -0.05) is 23.7 Å². The molecule has 0 aliphatic heterocycles. The third-order valence-electron chi connectivity index (χ3n) is 2.12. The summed E-state index contributed by atoms with van der Waals surface area (Å²) < 4.78 is 0. The molecule has 0 aliphatic rings. The Morgan fingerprint density at radius 3 is 2.87 bits per heavy atom. The van der Waals surface area contributed by atoms with Crippen molar-refractivity contribution in [3.8, 4) is 0 Å². The Labute approximate surface area is 90.3 Å². The zero-order valence-corrected chi connectivity index (χ0v) is 8.32. The normalized spacial score (nSPS) is 10.5. The van der Waals surface area contributed by atoms with E-state index in [0.717, 1.165) is 0 Å². The van der Waals surface area contributed by atoms with E-state index >= 15 is 0 Å². The lowest BCUT2D eigenvalue weighted by atomic mass is 10.1. The SMILES string of the molecule is Nc1c(C(=O)O)cnc2c(Cl)cccc12. The second-order valence-corrected chi connectivity index (χ2v) is 3.43. The first-order valence-corrected chi connectivity index (χ1v) is 4.55. The van der Waals surface area contributed by atoms with Crippen LogP contribution in [0.5, 0.6) is 0 Å². The molecule has 0 unspecified atom stereocenters. The van der Waals surface area contributed by atoms with Gasteiger partial charge in [0.2, 0.25) is 0 Å². The highest BCUT2D eigenvalue weighted by Gasteiger charge is 2.12. The highest BCUT2D eigenvalue weighted by atomic mass is 35.5. The maximum atomic E-state index is 10.8. The molecule has 0 radical (unpaired) electrons. The summed E-state index contributed by atoms with van der Waals surface area (Å²) in [5.74, 6) is -1.10. The van der Waals surface area contributed by atoms with E-state index < -0.39 is 5.97 Å². The van der Waals surface area contributed by atoms with E-state index in [1.165, 1.54) is 6.20 Å². The van der Waals surface area contributed by atoms with Gasteiger partial charge in [0.1, 0.15) is 5.56 Å². The van der Waals surface area contributed by atoms with Crippen molar-refractivity contribution in [1.29, 1.82) is 0 Å². The number of carboxylic acids is 1. The van der Waals surface area contributed by atoms with E-state index in [4.69, 9.17) is 22.4 Å². The third-order valence-corrected chi connectivity index (χ3v) is 2.43. The van der Waals surface area contributed by atoms with E-state index in [1.54, 1.807) is 18.2 Å². The van der Waals surface area contributed by atoms with Crippen LogP contribution in [-0.4, -0.2) is 16.1 Å². The molecule has 1 heterocycles. The predicted octanol–water partition coefficient (Wildman–Crippen LogP) is 2.17. The monoisotopic (exact) mass is 222 g/mol. The van der Waals surface area contributed by atoms with E-state index in [-0.39, 0.29) is 11.3 Å². The number of benzene rings is 1. The van der Waals surface area contributed by atoms with Crippen LogP contribution in [0.4, 0.5) is 5.69 Å². The van der Waals surface area contributed by atoms with Gasteiger partial charge in [-0.3, -0.25) is 4.98 Å². The van der Waals surface area contributed by atoms with Crippen molar-refractivity contribution in [1.82, 2.24) is 4.98 Å². The largest absolute Gasteiger partial charge is 0.478 e. The predicted molar refractivity (Wildman–Crippen MR) is 58.1 cm³/mol. The number of carbonyl (C=O) groups is 1. The molecule has 4 nitrogen and oxygen atoms in total. The molecule has 2 aromatic rings. The van der Waals surface area contributed by atoms with E-state index in [2.05, 4.69) is 4.98 Å². The lowest BCUT2D eigenvalue weighted by Crippen LogP contribution is -2.04. The number of hydrogen-bond acceptors (Lipinski definition) is 3. The van der Waals surface area contributed by atoms with Crippen molar-refractivity contribution in [3.63, 3.8) is 0 Å². The van der Waals surface area contributed by atoms with Gasteiger partial charge in [0, 0.05) is 11.6 Å². The van der Waals surface area contributed by atoms with Crippen LogP contribution in [0.15, 0.2) is 24.4 Å². The van der Waals surface area contributed by atoms with E-state index in [0.29, 0.717) is 15.9 Å². The van der Waals surface area contributed by atoms with Gasteiger partial charge in [0.15, 0.2) is 0 Å². The van der Waals surface area contributed by atoms with Crippen LogP contribution < -0.4 is 5.73 Å². The highest BCUT2D eigenvalue weighted by Crippen LogP contribution is 2.27. The number of anilines is 1. The second kappa shape index (κ2) is 3.40. The van der Waals surface area contributed by atoms with Crippen LogP contribution in [0.25, 0.3) is 10.9 Å². The standard InChI is InChI=1S/C10H7ClN2O2/c11-7-3-1-2-5-8(12)6(10(14)15)4-13-9(5)7/h1-4H,(H2,12,13)(H,14,15). The number of fused-ring (bicyclic) bond motifs is 1. The van der Waals surface area contributed by atoms with Gasteiger partial charge in [-0.15, -0.1) is 0 Å². The molecule has 0 spiro atoms. The van der Waals surface area contributed by atoms with Crippen molar-refractivity contribution in [2.45, 2.75) is 0 Å². The number of pyridine rings is 1. The van der Waals surface area contributed by atoms with Crippen LogP contribution in [-0.2, 0) is 0 Å². The molecule has 0 fully saturated rings. The highest BCUT2D eigenvalue weighted by molar-refractivity contribution is 6.35. The summed E-state index contributed by atoms with van der Waals surface area (Å²) in [4.78, 5) is 14.8. The summed E-state index contributed by atoms with van der Waals surface area (Å²) in [6.45, 7) is 0. The molecular weight excluding hydrogens is 216 g/mol. The second-order valence-electron chi connectivity index (χ2n) is 3.03. The molecule has 76 valence electrons. The minimum absolute atomic E-state index is 0.00948. The summed E-state index contributed by atoms with van der Waals surface area (Å²) in [5.41, 5.74) is 6.41. The van der Waals surface area contributed by atoms with Crippen molar-refractivity contribution < 1.29 is 9.90 Å². The maximum Gasteiger partial charge on any atom is 0.339 e. The molecule has 1 aromatic heterocycles. The molecule has 5 heteroatoms. The number of aromatic nitrogens is 1. The van der Waals surface area contributed by atoms with E-state index in [1.807, 2.05) is 0 Å².